The number of rotatable bonds is 4. The number of halogens is 1. The SMILES string of the molecule is CCCc1nn(C)c2c1nc(N)n2Cc1ccc(F)cc1. The van der Waals surface area contributed by atoms with Gasteiger partial charge in [0.05, 0.1) is 12.2 Å². The first-order chi connectivity index (χ1) is 10.1. The minimum absolute atomic E-state index is 0.242. The lowest BCUT2D eigenvalue weighted by molar-refractivity contribution is 0.626. The Morgan fingerprint density at radius 1 is 1.24 bits per heavy atom. The molecule has 1 aromatic carbocycles. The molecule has 0 atom stereocenters. The molecule has 0 saturated carbocycles. The van der Waals surface area contributed by atoms with Crippen molar-refractivity contribution in [1.29, 1.82) is 0 Å². The highest BCUT2D eigenvalue weighted by Crippen LogP contribution is 2.23. The van der Waals surface area contributed by atoms with E-state index in [0.717, 1.165) is 35.3 Å². The number of imidazole rings is 1. The number of benzene rings is 1. The zero-order valence-electron chi connectivity index (χ0n) is 12.2. The summed E-state index contributed by atoms with van der Waals surface area (Å²) in [6.07, 6.45) is 1.89. The molecule has 0 fully saturated rings. The van der Waals surface area contributed by atoms with Gasteiger partial charge in [-0.15, -0.1) is 0 Å². The van der Waals surface area contributed by atoms with Crippen molar-refractivity contribution in [2.24, 2.45) is 7.05 Å². The third kappa shape index (κ3) is 2.37. The lowest BCUT2D eigenvalue weighted by Crippen LogP contribution is -2.08. The van der Waals surface area contributed by atoms with E-state index in [4.69, 9.17) is 5.73 Å². The van der Waals surface area contributed by atoms with Crippen LogP contribution in [-0.2, 0) is 20.0 Å². The van der Waals surface area contributed by atoms with E-state index in [-0.39, 0.29) is 5.82 Å². The van der Waals surface area contributed by atoms with Crippen molar-refractivity contribution in [3.05, 3.63) is 41.3 Å². The lowest BCUT2D eigenvalue weighted by Gasteiger charge is -2.07. The number of hydrogen-bond acceptors (Lipinski definition) is 3. The standard InChI is InChI=1S/C15H18FN5/c1-3-4-12-13-14(20(2)19-12)21(15(17)18-13)9-10-5-7-11(16)8-6-10/h5-8H,3-4,9H2,1-2H3,(H2,17,18). The molecule has 2 heterocycles. The molecule has 0 aliphatic rings. The number of hydrogen-bond donors (Lipinski definition) is 1. The fourth-order valence-electron chi connectivity index (χ4n) is 2.59. The Labute approximate surface area is 122 Å². The second kappa shape index (κ2) is 5.20. The van der Waals surface area contributed by atoms with Crippen LogP contribution in [0.4, 0.5) is 10.3 Å². The topological polar surface area (TPSA) is 61.7 Å². The van der Waals surface area contributed by atoms with Gasteiger partial charge >= 0.3 is 0 Å². The summed E-state index contributed by atoms with van der Waals surface area (Å²) in [5.41, 5.74) is 9.75. The van der Waals surface area contributed by atoms with Crippen molar-refractivity contribution in [3.63, 3.8) is 0 Å². The molecular formula is C15H18FN5. The predicted octanol–water partition coefficient (Wildman–Crippen LogP) is 2.49. The van der Waals surface area contributed by atoms with Gasteiger partial charge in [-0.2, -0.15) is 5.10 Å². The van der Waals surface area contributed by atoms with E-state index in [1.54, 1.807) is 12.1 Å². The summed E-state index contributed by atoms with van der Waals surface area (Å²) in [6.45, 7) is 2.66. The molecule has 110 valence electrons. The first-order valence-corrected chi connectivity index (χ1v) is 7.02. The van der Waals surface area contributed by atoms with Gasteiger partial charge in [0.25, 0.3) is 0 Å². The van der Waals surface area contributed by atoms with Crippen molar-refractivity contribution < 1.29 is 4.39 Å². The first-order valence-electron chi connectivity index (χ1n) is 7.02. The van der Waals surface area contributed by atoms with E-state index >= 15 is 0 Å². The van der Waals surface area contributed by atoms with Gasteiger partial charge in [0.15, 0.2) is 5.65 Å². The summed E-state index contributed by atoms with van der Waals surface area (Å²) in [5, 5.41) is 4.51. The van der Waals surface area contributed by atoms with Crippen LogP contribution in [0.15, 0.2) is 24.3 Å². The van der Waals surface area contributed by atoms with E-state index in [1.165, 1.54) is 12.1 Å². The van der Waals surface area contributed by atoms with Gasteiger partial charge in [-0.05, 0) is 24.1 Å². The van der Waals surface area contributed by atoms with Gasteiger partial charge in [0.2, 0.25) is 5.95 Å². The first kappa shape index (κ1) is 13.6. The minimum Gasteiger partial charge on any atom is -0.369 e. The number of fused-ring (bicyclic) bond motifs is 1. The molecule has 2 N–H and O–H groups in total. The lowest BCUT2D eigenvalue weighted by atomic mass is 10.2. The molecule has 3 aromatic rings. The van der Waals surface area contributed by atoms with Crippen LogP contribution in [0.1, 0.15) is 24.6 Å². The molecule has 2 aromatic heterocycles. The molecule has 0 aliphatic heterocycles. The molecule has 0 amide bonds. The van der Waals surface area contributed by atoms with Crippen molar-refractivity contribution in [3.8, 4) is 0 Å². The number of nitrogen functional groups attached to an aromatic ring is 1. The molecule has 0 spiro atoms. The fourth-order valence-corrected chi connectivity index (χ4v) is 2.59. The zero-order valence-corrected chi connectivity index (χ0v) is 12.2. The average Bonchev–Trinajstić information content (AvgIpc) is 2.92. The number of nitrogens with two attached hydrogens (primary N) is 1. The highest BCUT2D eigenvalue weighted by molar-refractivity contribution is 5.77. The molecule has 3 rings (SSSR count). The Morgan fingerprint density at radius 2 is 1.95 bits per heavy atom. The summed E-state index contributed by atoms with van der Waals surface area (Å²) < 4.78 is 16.7. The third-order valence-electron chi connectivity index (χ3n) is 3.56. The normalized spacial score (nSPS) is 11.4. The van der Waals surface area contributed by atoms with E-state index in [9.17, 15) is 4.39 Å². The van der Waals surface area contributed by atoms with E-state index < -0.39 is 0 Å². The maximum Gasteiger partial charge on any atom is 0.202 e. The van der Waals surface area contributed by atoms with Crippen molar-refractivity contribution in [1.82, 2.24) is 19.3 Å². The zero-order chi connectivity index (χ0) is 15.0. The van der Waals surface area contributed by atoms with Crippen molar-refractivity contribution in [2.75, 3.05) is 5.73 Å². The second-order valence-electron chi connectivity index (χ2n) is 5.18. The maximum absolute atomic E-state index is 13.0. The van der Waals surface area contributed by atoms with Crippen LogP contribution in [0.5, 0.6) is 0 Å². The van der Waals surface area contributed by atoms with Gasteiger partial charge in [-0.3, -0.25) is 9.25 Å². The smallest absolute Gasteiger partial charge is 0.202 e. The third-order valence-corrected chi connectivity index (χ3v) is 3.56. The van der Waals surface area contributed by atoms with Crippen molar-refractivity contribution in [2.45, 2.75) is 26.3 Å². The molecular weight excluding hydrogens is 269 g/mol. The Kier molecular flexibility index (Phi) is 3.37. The quantitative estimate of drug-likeness (QED) is 0.802. The molecule has 21 heavy (non-hydrogen) atoms. The largest absolute Gasteiger partial charge is 0.369 e. The number of aryl methyl sites for hydroxylation is 2. The second-order valence-corrected chi connectivity index (χ2v) is 5.18. The number of nitrogens with zero attached hydrogens (tertiary/aromatic N) is 4. The summed E-state index contributed by atoms with van der Waals surface area (Å²) >= 11 is 0. The van der Waals surface area contributed by atoms with Crippen LogP contribution in [0.3, 0.4) is 0 Å². The molecule has 0 saturated heterocycles. The Bertz CT molecular complexity index is 770. The Balaban J connectivity index is 2.05. The van der Waals surface area contributed by atoms with E-state index in [1.807, 2.05) is 16.3 Å². The molecule has 0 unspecified atom stereocenters. The molecule has 0 bridgehead atoms. The average molecular weight is 287 g/mol. The fraction of sp³-hybridized carbons (Fsp3) is 0.333. The number of aromatic nitrogens is 4. The highest BCUT2D eigenvalue weighted by Gasteiger charge is 2.17. The van der Waals surface area contributed by atoms with Crippen LogP contribution in [0, 0.1) is 5.82 Å². The van der Waals surface area contributed by atoms with Crippen LogP contribution >= 0.6 is 0 Å². The van der Waals surface area contributed by atoms with Crippen LogP contribution < -0.4 is 5.73 Å². The Hall–Kier alpha value is -2.37. The monoisotopic (exact) mass is 287 g/mol. The van der Waals surface area contributed by atoms with Gasteiger partial charge in [-0.1, -0.05) is 25.5 Å². The minimum atomic E-state index is -0.242. The maximum atomic E-state index is 13.0. The van der Waals surface area contributed by atoms with Crippen LogP contribution in [-0.4, -0.2) is 19.3 Å². The van der Waals surface area contributed by atoms with Crippen molar-refractivity contribution >= 4 is 17.1 Å². The van der Waals surface area contributed by atoms with Gasteiger partial charge in [0, 0.05) is 7.05 Å². The van der Waals surface area contributed by atoms with Crippen LogP contribution in [0.25, 0.3) is 11.2 Å². The van der Waals surface area contributed by atoms with Gasteiger partial charge in [-0.25, -0.2) is 9.37 Å². The molecule has 0 radical (unpaired) electrons. The Morgan fingerprint density at radius 3 is 2.62 bits per heavy atom. The molecule has 5 nitrogen and oxygen atoms in total. The number of anilines is 1. The molecule has 6 heteroatoms. The van der Waals surface area contributed by atoms with Gasteiger partial charge in [0.1, 0.15) is 11.3 Å². The summed E-state index contributed by atoms with van der Waals surface area (Å²) in [6, 6.07) is 6.41. The van der Waals surface area contributed by atoms with Gasteiger partial charge < -0.3 is 5.73 Å². The summed E-state index contributed by atoms with van der Waals surface area (Å²) in [5.74, 6) is 0.216. The van der Waals surface area contributed by atoms with Crippen LogP contribution in [0.2, 0.25) is 0 Å². The summed E-state index contributed by atoms with van der Waals surface area (Å²) in [4.78, 5) is 4.45. The van der Waals surface area contributed by atoms with E-state index in [2.05, 4.69) is 17.0 Å². The van der Waals surface area contributed by atoms with E-state index in [0.29, 0.717) is 12.5 Å². The highest BCUT2D eigenvalue weighted by atomic mass is 19.1. The predicted molar refractivity (Wildman–Crippen MR) is 80.4 cm³/mol. The summed E-state index contributed by atoms with van der Waals surface area (Å²) in [7, 11) is 1.89. The molecule has 0 aliphatic carbocycles.